The van der Waals surface area contributed by atoms with Crippen molar-refractivity contribution in [2.24, 2.45) is 46.3 Å². The Bertz CT molecular complexity index is 1020. The lowest BCUT2D eigenvalue weighted by molar-refractivity contribution is -0.313. The zero-order valence-electron chi connectivity index (χ0n) is 25.3. The van der Waals surface area contributed by atoms with Gasteiger partial charge in [0.25, 0.3) is 0 Å². The van der Waals surface area contributed by atoms with Crippen molar-refractivity contribution < 1.29 is 39.4 Å². The maximum atomic E-state index is 10.5. The molecule has 4 aliphatic carbocycles. The summed E-state index contributed by atoms with van der Waals surface area (Å²) in [5, 5.41) is 40.4. The Kier molecular flexibility index (Phi) is 7.27. The molecule has 232 valence electrons. The molecule has 4 N–H and O–H groups in total. The molecule has 0 aromatic heterocycles. The predicted octanol–water partition coefficient (Wildman–Crippen LogP) is 3.54. The molecule has 0 bridgehead atoms. The summed E-state index contributed by atoms with van der Waals surface area (Å²) in [5.74, 6) is 3.28. The van der Waals surface area contributed by atoms with Crippen LogP contribution >= 0.6 is 0 Å². The predicted molar refractivity (Wildman–Crippen MR) is 150 cm³/mol. The van der Waals surface area contributed by atoms with Gasteiger partial charge in [0.05, 0.1) is 25.4 Å². The molecule has 3 aliphatic heterocycles. The van der Waals surface area contributed by atoms with Crippen molar-refractivity contribution in [3.05, 3.63) is 11.6 Å². The number of rotatable bonds is 3. The van der Waals surface area contributed by atoms with E-state index < -0.39 is 37.3 Å². The van der Waals surface area contributed by atoms with Crippen LogP contribution in [0, 0.1) is 46.3 Å². The minimum absolute atomic E-state index is 0.129. The zero-order chi connectivity index (χ0) is 28.9. The van der Waals surface area contributed by atoms with E-state index in [1.165, 1.54) is 24.8 Å². The standard InChI is InChI=1S/C33H52O8/c1-17-7-12-33(38-16-17)18(2)26-24(41-33)14-23-21-6-5-19-13-20(8-10-31(19,3)22(21)9-11-32(23,26)4)39-30-29(37)28(36)27(35)25(15-34)40-30/h5,17-18,20-30,34-37H,6-16H2,1-4H3/t17-,18-,20+,21+,22-,23-,24-,25-,26-,27-,28+,29-,30-,31+,32+,33+/m1/s1. The first-order valence-corrected chi connectivity index (χ1v) is 16.5. The third-order valence-corrected chi connectivity index (χ3v) is 13.5. The number of hydrogen-bond acceptors (Lipinski definition) is 8. The summed E-state index contributed by atoms with van der Waals surface area (Å²) in [6, 6.07) is 0. The van der Waals surface area contributed by atoms with Crippen LogP contribution in [0.1, 0.15) is 85.5 Å². The lowest BCUT2D eigenvalue weighted by Gasteiger charge is -2.58. The third kappa shape index (κ3) is 4.29. The van der Waals surface area contributed by atoms with Crippen molar-refractivity contribution in [2.45, 2.75) is 134 Å². The Balaban J connectivity index is 1.05. The third-order valence-electron chi connectivity index (χ3n) is 13.5. The number of ether oxygens (including phenoxy) is 4. The van der Waals surface area contributed by atoms with Gasteiger partial charge in [0, 0.05) is 12.3 Å². The molecule has 1 spiro atoms. The number of allylic oxidation sites excluding steroid dienone is 1. The Hall–Kier alpha value is -0.580. The molecule has 7 aliphatic rings. The average Bonchev–Trinajstić information content (AvgIpc) is 3.40. The summed E-state index contributed by atoms with van der Waals surface area (Å²) in [7, 11) is 0. The fourth-order valence-corrected chi connectivity index (χ4v) is 11.1. The molecule has 0 unspecified atom stereocenters. The van der Waals surface area contributed by atoms with E-state index in [1.807, 2.05) is 0 Å². The first kappa shape index (κ1) is 29.1. The van der Waals surface area contributed by atoms with E-state index in [-0.39, 0.29) is 17.3 Å². The molecular formula is C33H52O8. The number of fused-ring (bicyclic) bond motifs is 7. The monoisotopic (exact) mass is 576 g/mol. The van der Waals surface area contributed by atoms with Gasteiger partial charge in [-0.05, 0) is 91.8 Å². The lowest BCUT2D eigenvalue weighted by Crippen LogP contribution is -2.60. The van der Waals surface area contributed by atoms with E-state index in [0.717, 1.165) is 45.1 Å². The van der Waals surface area contributed by atoms with Gasteiger partial charge < -0.3 is 39.4 Å². The highest BCUT2D eigenvalue weighted by atomic mass is 16.7. The molecule has 8 nitrogen and oxygen atoms in total. The molecule has 3 saturated heterocycles. The Morgan fingerprint density at radius 2 is 1.78 bits per heavy atom. The first-order valence-electron chi connectivity index (χ1n) is 16.5. The van der Waals surface area contributed by atoms with Gasteiger partial charge in [-0.1, -0.05) is 39.3 Å². The zero-order valence-corrected chi connectivity index (χ0v) is 25.3. The van der Waals surface area contributed by atoms with Gasteiger partial charge in [0.2, 0.25) is 0 Å². The summed E-state index contributed by atoms with van der Waals surface area (Å²) in [4.78, 5) is 0. The molecular weight excluding hydrogens is 524 g/mol. The second kappa shape index (κ2) is 10.2. The van der Waals surface area contributed by atoms with Crippen LogP contribution in [-0.2, 0) is 18.9 Å². The quantitative estimate of drug-likeness (QED) is 0.377. The Morgan fingerprint density at radius 1 is 0.976 bits per heavy atom. The SMILES string of the molecule is C[C@@H]1CC[C@]2(OC1)O[C@@H]1C[C@@H]3[C@H]4CC=C5C[C@@H](O[C@@H]6O[C@H](CO)[C@@H](O)[C@H](O)[C@H]6O)CC[C@]5(C)[C@@H]4CC[C@]3(C)[C@@H]1[C@H]2C. The first-order chi connectivity index (χ1) is 19.5. The van der Waals surface area contributed by atoms with Gasteiger partial charge in [-0.2, -0.15) is 0 Å². The largest absolute Gasteiger partial charge is 0.394 e. The fraction of sp³-hybridized carbons (Fsp3) is 0.939. The summed E-state index contributed by atoms with van der Waals surface area (Å²) in [6.45, 7) is 10.1. The maximum absolute atomic E-state index is 10.5. The van der Waals surface area contributed by atoms with Crippen molar-refractivity contribution in [2.75, 3.05) is 13.2 Å². The molecule has 0 radical (unpaired) electrons. The topological polar surface area (TPSA) is 118 Å². The minimum Gasteiger partial charge on any atom is -0.394 e. The van der Waals surface area contributed by atoms with Crippen LogP contribution in [0.15, 0.2) is 11.6 Å². The highest BCUT2D eigenvalue weighted by Gasteiger charge is 2.68. The average molecular weight is 577 g/mol. The van der Waals surface area contributed by atoms with Crippen molar-refractivity contribution in [3.8, 4) is 0 Å². The van der Waals surface area contributed by atoms with Crippen LogP contribution in [-0.4, -0.2) is 82.3 Å². The van der Waals surface area contributed by atoms with E-state index in [9.17, 15) is 20.4 Å². The minimum atomic E-state index is -1.41. The molecule has 0 aromatic rings. The van der Waals surface area contributed by atoms with Gasteiger partial charge in [-0.25, -0.2) is 0 Å². The van der Waals surface area contributed by atoms with Crippen molar-refractivity contribution in [1.82, 2.24) is 0 Å². The summed E-state index contributed by atoms with van der Waals surface area (Å²) in [5.41, 5.74) is 1.91. The van der Waals surface area contributed by atoms with Crippen LogP contribution in [0.4, 0.5) is 0 Å². The molecule has 16 atom stereocenters. The maximum Gasteiger partial charge on any atom is 0.186 e. The molecule has 3 saturated carbocycles. The van der Waals surface area contributed by atoms with Crippen LogP contribution in [0.2, 0.25) is 0 Å². The van der Waals surface area contributed by atoms with E-state index in [0.29, 0.717) is 47.0 Å². The molecule has 0 amide bonds. The number of aliphatic hydroxyl groups excluding tert-OH is 4. The molecule has 6 fully saturated rings. The summed E-state index contributed by atoms with van der Waals surface area (Å²) in [6.07, 6.45) is 6.24. The van der Waals surface area contributed by atoms with Crippen LogP contribution in [0.5, 0.6) is 0 Å². The molecule has 7 rings (SSSR count). The summed E-state index contributed by atoms with van der Waals surface area (Å²) >= 11 is 0. The van der Waals surface area contributed by atoms with Gasteiger partial charge in [-0.15, -0.1) is 0 Å². The smallest absolute Gasteiger partial charge is 0.186 e. The van der Waals surface area contributed by atoms with Crippen molar-refractivity contribution in [1.29, 1.82) is 0 Å². The van der Waals surface area contributed by atoms with Crippen molar-refractivity contribution >= 4 is 0 Å². The van der Waals surface area contributed by atoms with E-state index >= 15 is 0 Å². The Morgan fingerprint density at radius 3 is 2.51 bits per heavy atom. The van der Waals surface area contributed by atoms with Gasteiger partial charge in [0.1, 0.15) is 24.4 Å². The van der Waals surface area contributed by atoms with Gasteiger partial charge in [-0.3, -0.25) is 0 Å². The molecule has 41 heavy (non-hydrogen) atoms. The molecule has 0 aromatic carbocycles. The van der Waals surface area contributed by atoms with Crippen molar-refractivity contribution in [3.63, 3.8) is 0 Å². The van der Waals surface area contributed by atoms with Gasteiger partial charge in [0.15, 0.2) is 12.1 Å². The van der Waals surface area contributed by atoms with Crippen LogP contribution < -0.4 is 0 Å². The molecule has 8 heteroatoms. The normalized spacial score (nSPS) is 58.3. The van der Waals surface area contributed by atoms with E-state index in [2.05, 4.69) is 33.8 Å². The van der Waals surface area contributed by atoms with Crippen LogP contribution in [0.25, 0.3) is 0 Å². The van der Waals surface area contributed by atoms with E-state index in [1.54, 1.807) is 0 Å². The second-order valence-corrected chi connectivity index (χ2v) is 15.5. The molecule has 3 heterocycles. The number of hydrogen-bond donors (Lipinski definition) is 4. The second-order valence-electron chi connectivity index (χ2n) is 15.5. The van der Waals surface area contributed by atoms with Crippen LogP contribution in [0.3, 0.4) is 0 Å². The highest BCUT2D eigenvalue weighted by Crippen LogP contribution is 2.70. The highest BCUT2D eigenvalue weighted by molar-refractivity contribution is 5.26. The Labute approximate surface area is 244 Å². The fourth-order valence-electron chi connectivity index (χ4n) is 11.1. The lowest BCUT2D eigenvalue weighted by atomic mass is 9.47. The number of aliphatic hydroxyl groups is 4. The van der Waals surface area contributed by atoms with Gasteiger partial charge >= 0.3 is 0 Å². The summed E-state index contributed by atoms with van der Waals surface area (Å²) < 4.78 is 25.3. The van der Waals surface area contributed by atoms with E-state index in [4.69, 9.17) is 18.9 Å².